The number of aromatic amines is 1. The van der Waals surface area contributed by atoms with Gasteiger partial charge in [-0.05, 0) is 55.5 Å². The van der Waals surface area contributed by atoms with Crippen molar-refractivity contribution < 1.29 is 19.1 Å². The summed E-state index contributed by atoms with van der Waals surface area (Å²) in [5, 5.41) is 4.01. The van der Waals surface area contributed by atoms with Gasteiger partial charge < -0.3 is 29.6 Å². The van der Waals surface area contributed by atoms with Crippen LogP contribution in [0.25, 0.3) is 10.9 Å². The topological polar surface area (TPSA) is 86.9 Å². The maximum absolute atomic E-state index is 13.5. The van der Waals surface area contributed by atoms with Gasteiger partial charge in [0, 0.05) is 42.8 Å². The summed E-state index contributed by atoms with van der Waals surface area (Å²) in [6, 6.07) is 13.8. The first-order valence-corrected chi connectivity index (χ1v) is 12.1. The SMILES string of the molecule is CCNC(=O)N(CC(=O)N(CCc1c[nH]c2ccccc12)Cc1ccc(OC)c(OC)c1)C1CC1. The van der Waals surface area contributed by atoms with Crippen LogP contribution in [0.3, 0.4) is 0 Å². The summed E-state index contributed by atoms with van der Waals surface area (Å²) in [5.41, 5.74) is 3.18. The summed E-state index contributed by atoms with van der Waals surface area (Å²) in [6.45, 7) is 3.43. The van der Waals surface area contributed by atoms with Crippen molar-refractivity contribution in [1.82, 2.24) is 20.1 Å². The number of carbonyl (C=O) groups is 2. The number of para-hydroxylation sites is 1. The Morgan fingerprint density at radius 1 is 1.09 bits per heavy atom. The third kappa shape index (κ3) is 5.88. The summed E-state index contributed by atoms with van der Waals surface area (Å²) in [7, 11) is 3.20. The molecule has 3 aromatic rings. The average molecular weight is 479 g/mol. The maximum atomic E-state index is 13.5. The smallest absolute Gasteiger partial charge is 0.318 e. The zero-order chi connectivity index (χ0) is 24.8. The van der Waals surface area contributed by atoms with Gasteiger partial charge in [-0.15, -0.1) is 0 Å². The van der Waals surface area contributed by atoms with Gasteiger partial charge in [0.15, 0.2) is 11.5 Å². The van der Waals surface area contributed by atoms with Crippen molar-refractivity contribution in [2.24, 2.45) is 0 Å². The van der Waals surface area contributed by atoms with Crippen molar-refractivity contribution in [3.63, 3.8) is 0 Å². The Balaban J connectivity index is 1.54. The molecule has 1 fully saturated rings. The van der Waals surface area contributed by atoms with Crippen LogP contribution in [0, 0.1) is 0 Å². The van der Waals surface area contributed by atoms with Gasteiger partial charge in [-0.3, -0.25) is 4.79 Å². The molecule has 0 atom stereocenters. The van der Waals surface area contributed by atoms with Crippen LogP contribution in [0.5, 0.6) is 11.5 Å². The first-order chi connectivity index (χ1) is 17.0. The van der Waals surface area contributed by atoms with Gasteiger partial charge in [0.05, 0.1) is 14.2 Å². The Morgan fingerprint density at radius 3 is 2.57 bits per heavy atom. The number of nitrogens with one attached hydrogen (secondary N) is 2. The molecule has 2 aromatic carbocycles. The Kier molecular flexibility index (Phi) is 7.80. The zero-order valence-electron chi connectivity index (χ0n) is 20.7. The summed E-state index contributed by atoms with van der Waals surface area (Å²) in [5.74, 6) is 1.19. The van der Waals surface area contributed by atoms with Gasteiger partial charge in [0.1, 0.15) is 6.54 Å². The van der Waals surface area contributed by atoms with E-state index in [0.29, 0.717) is 37.6 Å². The van der Waals surface area contributed by atoms with Gasteiger partial charge in [-0.1, -0.05) is 24.3 Å². The van der Waals surface area contributed by atoms with E-state index in [4.69, 9.17) is 9.47 Å². The Labute approximate surface area is 206 Å². The number of urea groups is 1. The van der Waals surface area contributed by atoms with Crippen molar-refractivity contribution in [3.8, 4) is 11.5 Å². The highest BCUT2D eigenvalue weighted by Gasteiger charge is 2.34. The van der Waals surface area contributed by atoms with Crippen molar-refractivity contribution in [1.29, 1.82) is 0 Å². The summed E-state index contributed by atoms with van der Waals surface area (Å²) in [4.78, 5) is 33.0. The molecule has 1 aliphatic carbocycles. The summed E-state index contributed by atoms with van der Waals surface area (Å²) >= 11 is 0. The number of ether oxygens (including phenoxy) is 2. The van der Waals surface area contributed by atoms with E-state index in [0.717, 1.165) is 34.9 Å². The van der Waals surface area contributed by atoms with Gasteiger partial charge in [0.2, 0.25) is 5.91 Å². The molecule has 186 valence electrons. The lowest BCUT2D eigenvalue weighted by molar-refractivity contribution is -0.132. The fraction of sp³-hybridized carbons (Fsp3) is 0.407. The molecule has 1 heterocycles. The highest BCUT2D eigenvalue weighted by atomic mass is 16.5. The minimum Gasteiger partial charge on any atom is -0.493 e. The number of methoxy groups -OCH3 is 2. The lowest BCUT2D eigenvalue weighted by Crippen LogP contribution is -2.48. The number of hydrogen-bond acceptors (Lipinski definition) is 4. The predicted molar refractivity (Wildman–Crippen MR) is 136 cm³/mol. The molecule has 0 spiro atoms. The van der Waals surface area contributed by atoms with E-state index in [-0.39, 0.29) is 24.5 Å². The molecule has 0 bridgehead atoms. The Hall–Kier alpha value is -3.68. The van der Waals surface area contributed by atoms with E-state index in [2.05, 4.69) is 16.4 Å². The standard InChI is InChI=1S/C27H34N4O4/c1-4-28-27(33)31(21-10-11-21)18-26(32)30(17-19-9-12-24(34-2)25(15-19)35-3)14-13-20-16-29-23-8-6-5-7-22(20)23/h5-9,12,15-16,21,29H,4,10-11,13-14,17-18H2,1-3H3,(H,28,33). The zero-order valence-corrected chi connectivity index (χ0v) is 20.7. The molecule has 2 N–H and O–H groups in total. The van der Waals surface area contributed by atoms with Crippen LogP contribution in [0.15, 0.2) is 48.7 Å². The molecule has 0 unspecified atom stereocenters. The minimum absolute atomic E-state index is 0.0671. The fourth-order valence-corrected chi connectivity index (χ4v) is 4.34. The van der Waals surface area contributed by atoms with E-state index in [1.807, 2.05) is 54.4 Å². The summed E-state index contributed by atoms with van der Waals surface area (Å²) in [6.07, 6.45) is 4.59. The number of aromatic nitrogens is 1. The van der Waals surface area contributed by atoms with Crippen LogP contribution in [-0.2, 0) is 17.8 Å². The van der Waals surface area contributed by atoms with Crippen LogP contribution < -0.4 is 14.8 Å². The third-order valence-electron chi connectivity index (χ3n) is 6.38. The van der Waals surface area contributed by atoms with Crippen LogP contribution in [0.4, 0.5) is 4.79 Å². The number of amides is 3. The van der Waals surface area contributed by atoms with Crippen LogP contribution in [-0.4, -0.2) is 66.6 Å². The van der Waals surface area contributed by atoms with E-state index >= 15 is 0 Å². The largest absolute Gasteiger partial charge is 0.493 e. The van der Waals surface area contributed by atoms with Gasteiger partial charge in [-0.2, -0.15) is 0 Å². The lowest BCUT2D eigenvalue weighted by Gasteiger charge is -2.28. The van der Waals surface area contributed by atoms with E-state index in [1.54, 1.807) is 19.1 Å². The van der Waals surface area contributed by atoms with Crippen LogP contribution in [0.1, 0.15) is 30.9 Å². The molecule has 0 radical (unpaired) electrons. The Bertz CT molecular complexity index is 1170. The molecular weight excluding hydrogens is 444 g/mol. The number of fused-ring (bicyclic) bond motifs is 1. The average Bonchev–Trinajstić information content (AvgIpc) is 3.64. The maximum Gasteiger partial charge on any atom is 0.318 e. The molecule has 8 heteroatoms. The normalized spacial score (nSPS) is 12.9. The molecule has 0 aliphatic heterocycles. The molecular formula is C27H34N4O4. The van der Waals surface area contributed by atoms with E-state index < -0.39 is 0 Å². The highest BCUT2D eigenvalue weighted by molar-refractivity contribution is 5.85. The predicted octanol–water partition coefficient (Wildman–Crippen LogP) is 3.95. The molecule has 3 amide bonds. The highest BCUT2D eigenvalue weighted by Crippen LogP contribution is 2.29. The number of carbonyl (C=O) groups excluding carboxylic acids is 2. The molecule has 0 saturated heterocycles. The van der Waals surface area contributed by atoms with Crippen molar-refractivity contribution in [3.05, 3.63) is 59.8 Å². The Morgan fingerprint density at radius 2 is 1.86 bits per heavy atom. The molecule has 1 saturated carbocycles. The van der Waals surface area contributed by atoms with E-state index in [1.165, 1.54) is 0 Å². The van der Waals surface area contributed by atoms with Crippen molar-refractivity contribution >= 4 is 22.8 Å². The van der Waals surface area contributed by atoms with Gasteiger partial charge in [-0.25, -0.2) is 4.79 Å². The van der Waals surface area contributed by atoms with Gasteiger partial charge in [0.25, 0.3) is 0 Å². The molecule has 1 aromatic heterocycles. The second-order valence-electron chi connectivity index (χ2n) is 8.81. The first kappa shape index (κ1) is 24.4. The second-order valence-corrected chi connectivity index (χ2v) is 8.81. The monoisotopic (exact) mass is 478 g/mol. The third-order valence-corrected chi connectivity index (χ3v) is 6.38. The van der Waals surface area contributed by atoms with Crippen molar-refractivity contribution in [2.75, 3.05) is 33.9 Å². The summed E-state index contributed by atoms with van der Waals surface area (Å²) < 4.78 is 10.8. The number of benzene rings is 2. The molecule has 35 heavy (non-hydrogen) atoms. The lowest BCUT2D eigenvalue weighted by atomic mass is 10.1. The van der Waals surface area contributed by atoms with E-state index in [9.17, 15) is 9.59 Å². The molecule has 8 nitrogen and oxygen atoms in total. The second kappa shape index (κ2) is 11.2. The number of H-pyrrole nitrogens is 1. The molecule has 4 rings (SSSR count). The first-order valence-electron chi connectivity index (χ1n) is 12.1. The number of nitrogens with zero attached hydrogens (tertiary/aromatic N) is 2. The van der Waals surface area contributed by atoms with Crippen molar-refractivity contribution in [2.45, 2.75) is 38.8 Å². The van der Waals surface area contributed by atoms with Gasteiger partial charge >= 0.3 is 6.03 Å². The van der Waals surface area contributed by atoms with Crippen LogP contribution in [0.2, 0.25) is 0 Å². The quantitative estimate of drug-likeness (QED) is 0.437. The number of hydrogen-bond donors (Lipinski definition) is 2. The molecule has 1 aliphatic rings. The number of rotatable bonds is 11. The minimum atomic E-state index is -0.175. The fourth-order valence-electron chi connectivity index (χ4n) is 4.34. The van der Waals surface area contributed by atoms with Crippen LogP contribution >= 0.6 is 0 Å².